The third-order valence-electron chi connectivity index (χ3n) is 9.85. The van der Waals surface area contributed by atoms with Crippen LogP contribution in [0.3, 0.4) is 0 Å². The fourth-order valence-electron chi connectivity index (χ4n) is 8.17. The van der Waals surface area contributed by atoms with E-state index in [9.17, 15) is 20.2 Å². The number of nitro benzene ring substituents is 1. The van der Waals surface area contributed by atoms with Crippen LogP contribution in [0, 0.1) is 26.1 Å². The minimum Gasteiger partial charge on any atom is -0.403 e. The van der Waals surface area contributed by atoms with Gasteiger partial charge in [-0.2, -0.15) is 0 Å². The van der Waals surface area contributed by atoms with Gasteiger partial charge >= 0.3 is 0 Å². The molecule has 0 unspecified atom stereocenters. The third kappa shape index (κ3) is 6.37. The van der Waals surface area contributed by atoms with Crippen molar-refractivity contribution >= 4 is 19.6 Å². The first-order valence-electron chi connectivity index (χ1n) is 16.7. The summed E-state index contributed by atoms with van der Waals surface area (Å²) in [5.74, 6) is -0.694. The minimum absolute atomic E-state index is 0.0319. The molecule has 1 aliphatic heterocycles. The van der Waals surface area contributed by atoms with E-state index in [2.05, 4.69) is 54.9 Å². The van der Waals surface area contributed by atoms with Crippen LogP contribution in [0.5, 0.6) is 0 Å². The number of rotatable bonds is 10. The van der Waals surface area contributed by atoms with Gasteiger partial charge in [-0.3, -0.25) is 25.1 Å². The first-order chi connectivity index (χ1) is 23.0. The Morgan fingerprint density at radius 2 is 1.33 bits per heavy atom. The summed E-state index contributed by atoms with van der Waals surface area (Å²) in [6.45, 7) is 9.30. The number of allylic oxidation sites excluding steroid dienone is 1. The standard InChI is InChI=1S/C39H43N3O5Si/c1-28-27-34(29-15-8-5-9-16-29)37(38(42(45)46)36(28)30-22-24-33(25-23-30)41(43)44)40-26-14-21-35(40)39(47-48(2,3)4,31-17-10-6-11-18-31)32-19-12-7-13-20-32/h5-13,15-20,22-25,27-28,35-38H,14,21,26H2,1-4H3/t28-,35+,36+,37+,38+/m1/s1. The Labute approximate surface area is 283 Å². The predicted octanol–water partition coefficient (Wildman–Crippen LogP) is 8.69. The van der Waals surface area contributed by atoms with Crippen LogP contribution in [-0.2, 0) is 10.0 Å². The largest absolute Gasteiger partial charge is 0.403 e. The van der Waals surface area contributed by atoms with E-state index in [1.165, 1.54) is 12.1 Å². The second-order valence-electron chi connectivity index (χ2n) is 14.0. The lowest BCUT2D eigenvalue weighted by molar-refractivity contribution is -0.534. The predicted molar refractivity (Wildman–Crippen MR) is 192 cm³/mol. The number of benzene rings is 4. The smallest absolute Gasteiger partial charge is 0.269 e. The Kier molecular flexibility index (Phi) is 9.47. The van der Waals surface area contributed by atoms with Gasteiger partial charge in [-0.05, 0) is 72.8 Å². The van der Waals surface area contributed by atoms with Crippen LogP contribution in [0.15, 0.2) is 121 Å². The Morgan fingerprint density at radius 3 is 1.83 bits per heavy atom. The third-order valence-corrected chi connectivity index (χ3v) is 10.8. The van der Waals surface area contributed by atoms with E-state index >= 15 is 0 Å². The molecular weight excluding hydrogens is 619 g/mol. The average molecular weight is 662 g/mol. The number of nitro groups is 2. The lowest BCUT2D eigenvalue weighted by Gasteiger charge is -2.51. The highest BCUT2D eigenvalue weighted by Crippen LogP contribution is 2.51. The van der Waals surface area contributed by atoms with Gasteiger partial charge in [0.15, 0.2) is 8.32 Å². The van der Waals surface area contributed by atoms with Crippen LogP contribution in [0.1, 0.15) is 47.9 Å². The SMILES string of the molecule is C[C@@H]1C=C(c2ccccc2)[C@H](N2CCC[C@H]2C(O[Si](C)(C)C)(c2ccccc2)c2ccccc2)[C@@H]([N+](=O)[O-])[C@@H]1c1ccc([N+](=O)[O-])cc1. The van der Waals surface area contributed by atoms with Crippen molar-refractivity contribution < 1.29 is 14.3 Å². The molecule has 4 aromatic carbocycles. The zero-order valence-electron chi connectivity index (χ0n) is 27.9. The molecule has 0 amide bonds. The van der Waals surface area contributed by atoms with Crippen LogP contribution < -0.4 is 0 Å². The topological polar surface area (TPSA) is 98.8 Å². The summed E-state index contributed by atoms with van der Waals surface area (Å²) in [5.41, 5.74) is 3.80. The van der Waals surface area contributed by atoms with Gasteiger partial charge in [-0.15, -0.1) is 0 Å². The molecule has 0 N–H and O–H groups in total. The average Bonchev–Trinajstić information content (AvgIpc) is 3.57. The number of non-ortho nitro benzene ring substituents is 1. The van der Waals surface area contributed by atoms with Crippen molar-refractivity contribution in [2.24, 2.45) is 5.92 Å². The molecular formula is C39H43N3O5Si. The highest BCUT2D eigenvalue weighted by molar-refractivity contribution is 6.69. The fraction of sp³-hybridized carbons (Fsp3) is 0.333. The molecule has 248 valence electrons. The van der Waals surface area contributed by atoms with Crippen LogP contribution in [-0.4, -0.2) is 47.7 Å². The molecule has 0 spiro atoms. The molecule has 0 saturated carbocycles. The normalized spacial score (nSPS) is 23.4. The maximum absolute atomic E-state index is 13.5. The van der Waals surface area contributed by atoms with E-state index in [0.717, 1.165) is 40.7 Å². The van der Waals surface area contributed by atoms with Gasteiger partial charge in [-0.1, -0.05) is 116 Å². The lowest BCUT2D eigenvalue weighted by Crippen LogP contribution is -2.61. The first-order valence-corrected chi connectivity index (χ1v) is 20.1. The second kappa shape index (κ2) is 13.6. The van der Waals surface area contributed by atoms with E-state index in [1.807, 2.05) is 73.7 Å². The summed E-state index contributed by atoms with van der Waals surface area (Å²) in [7, 11) is -2.25. The van der Waals surface area contributed by atoms with Gasteiger partial charge in [0.25, 0.3) is 5.69 Å². The molecule has 6 rings (SSSR count). The Balaban J connectivity index is 1.59. The van der Waals surface area contributed by atoms with Crippen LogP contribution in [0.4, 0.5) is 5.69 Å². The van der Waals surface area contributed by atoms with E-state index in [1.54, 1.807) is 12.1 Å². The zero-order chi connectivity index (χ0) is 34.1. The molecule has 1 heterocycles. The zero-order valence-corrected chi connectivity index (χ0v) is 28.9. The Morgan fingerprint density at radius 1 is 0.792 bits per heavy atom. The highest BCUT2D eigenvalue weighted by atomic mass is 28.4. The van der Waals surface area contributed by atoms with Gasteiger partial charge in [0.05, 0.1) is 10.8 Å². The van der Waals surface area contributed by atoms with Crippen LogP contribution in [0.25, 0.3) is 5.57 Å². The van der Waals surface area contributed by atoms with Crippen molar-refractivity contribution in [1.82, 2.24) is 4.90 Å². The summed E-state index contributed by atoms with van der Waals surface area (Å²) in [6, 6.07) is 35.2. The van der Waals surface area contributed by atoms with Crippen molar-refractivity contribution in [2.75, 3.05) is 6.54 Å². The molecule has 2 aliphatic rings. The Bertz CT molecular complexity index is 1720. The molecule has 0 bridgehead atoms. The van der Waals surface area contributed by atoms with Crippen molar-refractivity contribution in [2.45, 2.75) is 69.1 Å². The second-order valence-corrected chi connectivity index (χ2v) is 18.4. The number of hydrogen-bond acceptors (Lipinski definition) is 6. The van der Waals surface area contributed by atoms with Crippen molar-refractivity contribution in [1.29, 1.82) is 0 Å². The van der Waals surface area contributed by atoms with E-state index in [-0.39, 0.29) is 22.6 Å². The van der Waals surface area contributed by atoms with E-state index in [0.29, 0.717) is 6.54 Å². The van der Waals surface area contributed by atoms with E-state index < -0.39 is 36.8 Å². The lowest BCUT2D eigenvalue weighted by atomic mass is 9.69. The molecule has 0 aromatic heterocycles. The first kappa shape index (κ1) is 33.5. The quantitative estimate of drug-likeness (QED) is 0.0958. The van der Waals surface area contributed by atoms with Crippen LogP contribution >= 0.6 is 0 Å². The molecule has 48 heavy (non-hydrogen) atoms. The number of likely N-dealkylation sites (tertiary alicyclic amines) is 1. The fourth-order valence-corrected chi connectivity index (χ4v) is 9.50. The molecule has 1 aliphatic carbocycles. The van der Waals surface area contributed by atoms with Gasteiger partial charge in [0, 0.05) is 23.1 Å². The van der Waals surface area contributed by atoms with Crippen molar-refractivity contribution in [3.63, 3.8) is 0 Å². The summed E-state index contributed by atoms with van der Waals surface area (Å²) < 4.78 is 7.45. The summed E-state index contributed by atoms with van der Waals surface area (Å²) in [4.78, 5) is 26.9. The van der Waals surface area contributed by atoms with Crippen LogP contribution in [0.2, 0.25) is 19.6 Å². The van der Waals surface area contributed by atoms with Crippen molar-refractivity contribution in [3.8, 4) is 0 Å². The maximum Gasteiger partial charge on any atom is 0.269 e. The Hall–Kier alpha value is -4.44. The summed E-state index contributed by atoms with van der Waals surface area (Å²) >= 11 is 0. The molecule has 8 nitrogen and oxygen atoms in total. The van der Waals surface area contributed by atoms with Gasteiger partial charge < -0.3 is 4.43 Å². The van der Waals surface area contributed by atoms with E-state index in [4.69, 9.17) is 4.43 Å². The number of hydrogen-bond donors (Lipinski definition) is 0. The van der Waals surface area contributed by atoms with Gasteiger partial charge in [-0.25, -0.2) is 0 Å². The molecule has 4 aromatic rings. The van der Waals surface area contributed by atoms with Gasteiger partial charge in [0.2, 0.25) is 6.04 Å². The molecule has 1 fully saturated rings. The molecule has 9 heteroatoms. The monoisotopic (exact) mass is 661 g/mol. The molecule has 1 saturated heterocycles. The molecule has 0 radical (unpaired) electrons. The van der Waals surface area contributed by atoms with Gasteiger partial charge in [0.1, 0.15) is 11.6 Å². The summed E-state index contributed by atoms with van der Waals surface area (Å²) in [5, 5.41) is 25.0. The summed E-state index contributed by atoms with van der Waals surface area (Å²) in [6.07, 6.45) is 3.87. The number of nitrogens with zero attached hydrogens (tertiary/aromatic N) is 3. The minimum atomic E-state index is -2.25. The van der Waals surface area contributed by atoms with Crippen molar-refractivity contribution in [3.05, 3.63) is 164 Å². The molecule has 5 atom stereocenters. The maximum atomic E-state index is 13.5. The highest BCUT2D eigenvalue weighted by Gasteiger charge is 2.57.